The van der Waals surface area contributed by atoms with Gasteiger partial charge in [-0.2, -0.15) is 18.3 Å². The average Bonchev–Trinajstić information content (AvgIpc) is 3.48. The Labute approximate surface area is 229 Å². The summed E-state index contributed by atoms with van der Waals surface area (Å²) in [4.78, 5) is 31.1. The number of amides is 3. The molecule has 2 aliphatic carbocycles. The molecular weight excluding hydrogens is 555 g/mol. The number of imidazole rings is 1. The van der Waals surface area contributed by atoms with Gasteiger partial charge in [0.1, 0.15) is 5.69 Å². The highest BCUT2D eigenvalue weighted by Gasteiger charge is 2.44. The molecule has 1 aliphatic heterocycles. The number of rotatable bonds is 7. The Balaban J connectivity index is 1.24. The zero-order valence-electron chi connectivity index (χ0n) is 21.7. The van der Waals surface area contributed by atoms with Gasteiger partial charge in [-0.05, 0) is 48.4 Å². The topological polar surface area (TPSA) is 131 Å². The average molecular weight is 583 g/mol. The molecule has 0 radical (unpaired) electrons. The van der Waals surface area contributed by atoms with Crippen LogP contribution in [0.25, 0.3) is 5.65 Å². The van der Waals surface area contributed by atoms with Crippen LogP contribution in [-0.4, -0.2) is 66.9 Å². The lowest BCUT2D eigenvalue weighted by Crippen LogP contribution is -2.54. The molecule has 0 aromatic carbocycles. The molecule has 2 N–H and O–H groups in total. The van der Waals surface area contributed by atoms with Crippen LogP contribution in [0.3, 0.4) is 0 Å². The van der Waals surface area contributed by atoms with E-state index in [1.807, 2.05) is 0 Å². The maximum atomic E-state index is 14.0. The lowest BCUT2D eigenvalue weighted by Gasteiger charge is -2.34. The minimum absolute atomic E-state index is 0.0554. The van der Waals surface area contributed by atoms with Gasteiger partial charge in [0.05, 0.1) is 30.0 Å². The summed E-state index contributed by atoms with van der Waals surface area (Å²) in [6.07, 6.45) is -0.0598. The molecule has 3 fully saturated rings. The van der Waals surface area contributed by atoms with Gasteiger partial charge in [-0.1, -0.05) is 5.16 Å². The summed E-state index contributed by atoms with van der Waals surface area (Å²) in [7, 11) is 0. The standard InChI is InChI=1S/C25H27F5N8O3/c26-24(27)5-3-15(4-6-24)19(34-22(39)21-20(14-1-2-14)35-41-36-21)17-12-38-18(33-17)7-13(8-32-38)10-37-11-16(25(28,29)30)9-31-23(37)40/h7-8,12,14-16,19H,1-6,9-11H2,(H,31,40)(H,34,39)/t16?,19-/m0/s1. The number of halogens is 5. The first-order chi connectivity index (χ1) is 19.5. The van der Waals surface area contributed by atoms with E-state index in [9.17, 15) is 31.5 Å². The van der Waals surface area contributed by atoms with Crippen LogP contribution in [0, 0.1) is 11.8 Å². The molecule has 0 spiro atoms. The Kier molecular flexibility index (Phi) is 6.80. The van der Waals surface area contributed by atoms with Crippen molar-refractivity contribution in [1.82, 2.24) is 40.4 Å². The third kappa shape index (κ3) is 5.81. The molecule has 2 saturated carbocycles. The maximum absolute atomic E-state index is 14.0. The van der Waals surface area contributed by atoms with Gasteiger partial charge in [0, 0.05) is 38.4 Å². The van der Waals surface area contributed by atoms with Gasteiger partial charge in [-0.15, -0.1) is 0 Å². The van der Waals surface area contributed by atoms with E-state index in [2.05, 4.69) is 31.0 Å². The van der Waals surface area contributed by atoms with Crippen molar-refractivity contribution in [3.63, 3.8) is 0 Å². The third-order valence-electron chi connectivity index (χ3n) is 7.99. The monoisotopic (exact) mass is 582 g/mol. The molecule has 3 amide bonds. The summed E-state index contributed by atoms with van der Waals surface area (Å²) in [5, 5.41) is 17.1. The predicted molar refractivity (Wildman–Crippen MR) is 130 cm³/mol. The highest BCUT2D eigenvalue weighted by atomic mass is 19.4. The summed E-state index contributed by atoms with van der Waals surface area (Å²) < 4.78 is 73.8. The van der Waals surface area contributed by atoms with Gasteiger partial charge in [0.15, 0.2) is 11.3 Å². The Morgan fingerprint density at radius 1 is 1.20 bits per heavy atom. The molecule has 3 aromatic heterocycles. The second kappa shape index (κ2) is 10.2. The Morgan fingerprint density at radius 2 is 1.95 bits per heavy atom. The molecule has 11 nitrogen and oxygen atoms in total. The van der Waals surface area contributed by atoms with Crippen molar-refractivity contribution in [3.8, 4) is 0 Å². The van der Waals surface area contributed by atoms with Crippen LogP contribution in [0.5, 0.6) is 0 Å². The maximum Gasteiger partial charge on any atom is 0.395 e. The molecule has 4 heterocycles. The van der Waals surface area contributed by atoms with Gasteiger partial charge in [0.25, 0.3) is 5.91 Å². The van der Waals surface area contributed by atoms with Crippen molar-refractivity contribution in [1.29, 1.82) is 0 Å². The van der Waals surface area contributed by atoms with Crippen molar-refractivity contribution in [2.45, 2.75) is 69.1 Å². The van der Waals surface area contributed by atoms with E-state index in [1.54, 1.807) is 12.3 Å². The number of hydrogen-bond donors (Lipinski definition) is 2. The molecule has 6 rings (SSSR count). The molecule has 220 valence electrons. The van der Waals surface area contributed by atoms with Gasteiger partial charge in [-0.25, -0.2) is 27.7 Å². The third-order valence-corrected chi connectivity index (χ3v) is 7.99. The number of carbonyl (C=O) groups excluding carboxylic acids is 2. The molecule has 41 heavy (non-hydrogen) atoms. The van der Waals surface area contributed by atoms with Crippen LogP contribution in [0.2, 0.25) is 0 Å². The minimum Gasteiger partial charge on any atom is -0.342 e. The normalized spacial score (nSPS) is 22.5. The van der Waals surface area contributed by atoms with Crippen LogP contribution < -0.4 is 10.6 Å². The number of urea groups is 1. The molecule has 2 atom stereocenters. The van der Waals surface area contributed by atoms with Crippen LogP contribution >= 0.6 is 0 Å². The second-order valence-electron chi connectivity index (χ2n) is 11.1. The fraction of sp³-hybridized carbons (Fsp3) is 0.600. The number of fused-ring (bicyclic) bond motifs is 1. The van der Waals surface area contributed by atoms with E-state index >= 15 is 0 Å². The lowest BCUT2D eigenvalue weighted by atomic mass is 9.81. The summed E-state index contributed by atoms with van der Waals surface area (Å²) in [5.41, 5.74) is 1.68. The van der Waals surface area contributed by atoms with E-state index in [-0.39, 0.29) is 49.8 Å². The smallest absolute Gasteiger partial charge is 0.342 e. The number of nitrogens with zero attached hydrogens (tertiary/aromatic N) is 6. The van der Waals surface area contributed by atoms with Crippen LogP contribution in [-0.2, 0) is 6.54 Å². The number of carbonyl (C=O) groups is 2. The summed E-state index contributed by atoms with van der Waals surface area (Å²) >= 11 is 0. The molecule has 0 bridgehead atoms. The fourth-order valence-electron chi connectivity index (χ4n) is 5.50. The largest absolute Gasteiger partial charge is 0.395 e. The number of nitrogens with one attached hydrogen (secondary N) is 2. The van der Waals surface area contributed by atoms with Crippen molar-refractivity contribution in [2.75, 3.05) is 13.1 Å². The first-order valence-electron chi connectivity index (χ1n) is 13.4. The number of aromatic nitrogens is 5. The van der Waals surface area contributed by atoms with Gasteiger partial charge < -0.3 is 15.5 Å². The molecule has 1 saturated heterocycles. The highest BCUT2D eigenvalue weighted by molar-refractivity contribution is 5.93. The molecule has 3 aliphatic rings. The Hall–Kier alpha value is -3.85. The summed E-state index contributed by atoms with van der Waals surface area (Å²) in [6, 6.07) is 0.230. The van der Waals surface area contributed by atoms with Crippen LogP contribution in [0.15, 0.2) is 23.1 Å². The first kappa shape index (κ1) is 27.3. The zero-order valence-corrected chi connectivity index (χ0v) is 21.7. The SMILES string of the molecule is O=C(N[C@H](c1cn2ncc(CN3CC(C(F)(F)F)CNC3=O)cc2n1)C1CCC(F)(F)CC1)c1nonc1C1CC1. The van der Waals surface area contributed by atoms with E-state index in [0.29, 0.717) is 22.6 Å². The van der Waals surface area contributed by atoms with E-state index in [1.165, 1.54) is 10.7 Å². The number of hydrogen-bond acceptors (Lipinski definition) is 7. The van der Waals surface area contributed by atoms with E-state index in [0.717, 1.165) is 17.7 Å². The van der Waals surface area contributed by atoms with Crippen molar-refractivity contribution < 1.29 is 36.2 Å². The molecular formula is C25H27F5N8O3. The second-order valence-corrected chi connectivity index (χ2v) is 11.1. The zero-order chi connectivity index (χ0) is 28.9. The van der Waals surface area contributed by atoms with E-state index in [4.69, 9.17) is 4.63 Å². The van der Waals surface area contributed by atoms with Crippen LogP contribution in [0.4, 0.5) is 26.7 Å². The highest BCUT2D eigenvalue weighted by Crippen LogP contribution is 2.42. The van der Waals surface area contributed by atoms with Crippen molar-refractivity contribution in [3.05, 3.63) is 41.1 Å². The van der Waals surface area contributed by atoms with Crippen molar-refractivity contribution in [2.24, 2.45) is 11.8 Å². The minimum atomic E-state index is -4.45. The van der Waals surface area contributed by atoms with Crippen LogP contribution in [0.1, 0.15) is 77.9 Å². The molecule has 3 aromatic rings. The van der Waals surface area contributed by atoms with Crippen molar-refractivity contribution >= 4 is 17.6 Å². The molecule has 1 unspecified atom stereocenters. The van der Waals surface area contributed by atoms with Gasteiger partial charge in [-0.3, -0.25) is 4.79 Å². The number of alkyl halides is 5. The predicted octanol–water partition coefficient (Wildman–Crippen LogP) is 3.99. The summed E-state index contributed by atoms with van der Waals surface area (Å²) in [5.74, 6) is -5.26. The lowest BCUT2D eigenvalue weighted by molar-refractivity contribution is -0.178. The summed E-state index contributed by atoms with van der Waals surface area (Å²) in [6.45, 7) is -1.09. The molecule has 16 heteroatoms. The first-order valence-corrected chi connectivity index (χ1v) is 13.4. The Bertz CT molecular complexity index is 1440. The quantitative estimate of drug-likeness (QED) is 0.403. The Morgan fingerprint density at radius 3 is 2.66 bits per heavy atom. The van der Waals surface area contributed by atoms with Gasteiger partial charge in [0.2, 0.25) is 5.92 Å². The fourth-order valence-corrected chi connectivity index (χ4v) is 5.50. The van der Waals surface area contributed by atoms with E-state index < -0.39 is 49.1 Å². The van der Waals surface area contributed by atoms with Gasteiger partial charge >= 0.3 is 12.2 Å².